The molecule has 4 N–H and O–H groups in total. The minimum Gasteiger partial charge on any atom is -0.389 e. The molecule has 0 bridgehead atoms. The average Bonchev–Trinajstić information content (AvgIpc) is 2.24. The first-order valence-corrected chi connectivity index (χ1v) is 6.09. The van der Waals surface area contributed by atoms with Crippen molar-refractivity contribution in [1.29, 1.82) is 5.41 Å². The van der Waals surface area contributed by atoms with Crippen LogP contribution in [0.4, 0.5) is 0 Å². The summed E-state index contributed by atoms with van der Waals surface area (Å²) in [6.45, 7) is 4.72. The second-order valence-electron chi connectivity index (χ2n) is 5.43. The Kier molecular flexibility index (Phi) is 4.87. The molecule has 0 amide bonds. The first kappa shape index (κ1) is 14.7. The molecule has 0 aliphatic heterocycles. The first-order chi connectivity index (χ1) is 8.29. The zero-order chi connectivity index (χ0) is 13.8. The summed E-state index contributed by atoms with van der Waals surface area (Å²) in [6.07, 6.45) is 0. The van der Waals surface area contributed by atoms with Gasteiger partial charge in [0.1, 0.15) is 0 Å². The van der Waals surface area contributed by atoms with Gasteiger partial charge in [-0.25, -0.2) is 0 Å². The van der Waals surface area contributed by atoms with Gasteiger partial charge in [-0.1, -0.05) is 30.3 Å². The fourth-order valence-corrected chi connectivity index (χ4v) is 2.11. The number of aliphatic hydroxyl groups is 1. The number of nitrogens with one attached hydrogen (secondary N) is 1. The Balaban J connectivity index is 2.74. The number of nitrogens with two attached hydrogens (primary N) is 1. The molecule has 18 heavy (non-hydrogen) atoms. The van der Waals surface area contributed by atoms with Crippen molar-refractivity contribution in [2.24, 2.45) is 5.73 Å². The molecule has 0 radical (unpaired) electrons. The van der Waals surface area contributed by atoms with E-state index in [0.29, 0.717) is 13.1 Å². The normalized spacial score (nSPS) is 13.6. The molecule has 1 atom stereocenters. The lowest BCUT2D eigenvalue weighted by atomic mass is 9.97. The van der Waals surface area contributed by atoms with Crippen LogP contribution in [0.2, 0.25) is 0 Å². The van der Waals surface area contributed by atoms with E-state index in [1.54, 1.807) is 13.8 Å². The van der Waals surface area contributed by atoms with Gasteiger partial charge in [-0.2, -0.15) is 0 Å². The number of nitrogens with zero attached hydrogens (tertiary/aromatic N) is 1. The molecule has 0 saturated carbocycles. The van der Waals surface area contributed by atoms with Crippen molar-refractivity contribution < 1.29 is 5.11 Å². The lowest BCUT2D eigenvalue weighted by molar-refractivity contribution is 0.0443. The van der Waals surface area contributed by atoms with Crippen molar-refractivity contribution in [2.45, 2.75) is 25.4 Å². The summed E-state index contributed by atoms with van der Waals surface area (Å²) >= 11 is 0. The van der Waals surface area contributed by atoms with E-state index in [9.17, 15) is 5.11 Å². The molecule has 100 valence electrons. The van der Waals surface area contributed by atoms with Gasteiger partial charge in [0.15, 0.2) is 0 Å². The summed E-state index contributed by atoms with van der Waals surface area (Å²) < 4.78 is 0. The molecule has 0 heterocycles. The monoisotopic (exact) mass is 249 g/mol. The van der Waals surface area contributed by atoms with Crippen molar-refractivity contribution in [2.75, 3.05) is 20.1 Å². The molecule has 1 rings (SSSR count). The Labute approximate surface area is 109 Å². The molecule has 0 spiro atoms. The van der Waals surface area contributed by atoms with Gasteiger partial charge in [-0.05, 0) is 26.5 Å². The number of benzene rings is 1. The summed E-state index contributed by atoms with van der Waals surface area (Å²) in [4.78, 5) is 2.00. The van der Waals surface area contributed by atoms with E-state index >= 15 is 0 Å². The van der Waals surface area contributed by atoms with Crippen molar-refractivity contribution in [3.8, 4) is 0 Å². The van der Waals surface area contributed by atoms with Crippen LogP contribution in [0.1, 0.15) is 25.3 Å². The van der Waals surface area contributed by atoms with Crippen molar-refractivity contribution in [3.05, 3.63) is 35.9 Å². The second-order valence-corrected chi connectivity index (χ2v) is 5.43. The van der Waals surface area contributed by atoms with Crippen molar-refractivity contribution in [3.63, 3.8) is 0 Å². The Morgan fingerprint density at radius 3 is 2.39 bits per heavy atom. The van der Waals surface area contributed by atoms with Crippen LogP contribution in [0.3, 0.4) is 0 Å². The molecule has 0 aromatic heterocycles. The van der Waals surface area contributed by atoms with Crippen LogP contribution in [0.5, 0.6) is 0 Å². The van der Waals surface area contributed by atoms with E-state index in [2.05, 4.69) is 0 Å². The summed E-state index contributed by atoms with van der Waals surface area (Å²) in [5.74, 6) is 0.0299. The number of likely N-dealkylation sites (N-methyl/N-ethyl adjacent to an activating group) is 1. The lowest BCUT2D eigenvalue weighted by Gasteiger charge is -2.28. The summed E-state index contributed by atoms with van der Waals surface area (Å²) in [5, 5.41) is 17.5. The largest absolute Gasteiger partial charge is 0.389 e. The first-order valence-electron chi connectivity index (χ1n) is 6.09. The Morgan fingerprint density at radius 2 is 1.94 bits per heavy atom. The summed E-state index contributed by atoms with van der Waals surface area (Å²) in [7, 11) is 1.93. The highest BCUT2D eigenvalue weighted by molar-refractivity contribution is 5.84. The quantitative estimate of drug-likeness (QED) is 0.527. The standard InChI is InChI=1S/C14H23N3O/c1-14(2,18)10-17(3)9-12(13(15)16)11-7-5-4-6-8-11/h4-8,12,18H,9-10H2,1-3H3,(H3,15,16). The highest BCUT2D eigenvalue weighted by atomic mass is 16.3. The zero-order valence-corrected chi connectivity index (χ0v) is 11.4. The van der Waals surface area contributed by atoms with Crippen molar-refractivity contribution in [1.82, 2.24) is 4.90 Å². The lowest BCUT2D eigenvalue weighted by Crippen LogP contribution is -2.40. The molecule has 0 saturated heterocycles. The van der Waals surface area contributed by atoms with Gasteiger partial charge in [0, 0.05) is 13.1 Å². The maximum absolute atomic E-state index is 9.78. The van der Waals surface area contributed by atoms with Crippen LogP contribution >= 0.6 is 0 Å². The third-order valence-corrected chi connectivity index (χ3v) is 2.73. The van der Waals surface area contributed by atoms with Crippen LogP contribution in [0, 0.1) is 5.41 Å². The smallest absolute Gasteiger partial charge is 0.0995 e. The van der Waals surface area contributed by atoms with Crippen LogP contribution in [0.25, 0.3) is 0 Å². The molecule has 1 aromatic carbocycles. The molecular weight excluding hydrogens is 226 g/mol. The fraction of sp³-hybridized carbons (Fsp3) is 0.500. The summed E-state index contributed by atoms with van der Waals surface area (Å²) in [6, 6.07) is 9.79. The van der Waals surface area contributed by atoms with Gasteiger partial charge in [0.25, 0.3) is 0 Å². The molecule has 1 aromatic rings. The van der Waals surface area contributed by atoms with Gasteiger partial charge < -0.3 is 15.7 Å². The molecular formula is C14H23N3O. The van der Waals surface area contributed by atoms with Gasteiger partial charge in [0.05, 0.1) is 17.4 Å². The minimum atomic E-state index is -0.743. The molecule has 1 unspecified atom stereocenters. The van der Waals surface area contributed by atoms with Crippen LogP contribution < -0.4 is 5.73 Å². The number of hydrogen-bond donors (Lipinski definition) is 3. The molecule has 4 heteroatoms. The predicted molar refractivity (Wildman–Crippen MR) is 74.9 cm³/mol. The number of rotatable bonds is 6. The Morgan fingerprint density at radius 1 is 1.39 bits per heavy atom. The van der Waals surface area contributed by atoms with Gasteiger partial charge in [0.2, 0.25) is 0 Å². The Hall–Kier alpha value is -1.39. The molecule has 4 nitrogen and oxygen atoms in total. The topological polar surface area (TPSA) is 73.3 Å². The minimum absolute atomic E-state index is 0.126. The highest BCUT2D eigenvalue weighted by Gasteiger charge is 2.21. The second kappa shape index (κ2) is 5.98. The van der Waals surface area contributed by atoms with E-state index in [1.807, 2.05) is 42.3 Å². The third-order valence-electron chi connectivity index (χ3n) is 2.73. The van der Waals surface area contributed by atoms with Gasteiger partial charge in [-0.3, -0.25) is 5.41 Å². The molecule has 0 aliphatic carbocycles. The van der Waals surface area contributed by atoms with Crippen LogP contribution in [0.15, 0.2) is 30.3 Å². The van der Waals surface area contributed by atoms with Crippen molar-refractivity contribution >= 4 is 5.84 Å². The van der Waals surface area contributed by atoms with E-state index in [4.69, 9.17) is 11.1 Å². The molecule has 0 fully saturated rings. The van der Waals surface area contributed by atoms with E-state index in [1.165, 1.54) is 0 Å². The van der Waals surface area contributed by atoms with Gasteiger partial charge in [-0.15, -0.1) is 0 Å². The summed E-state index contributed by atoms with van der Waals surface area (Å²) in [5.41, 5.74) is 5.97. The maximum Gasteiger partial charge on any atom is 0.0995 e. The van der Waals surface area contributed by atoms with Gasteiger partial charge >= 0.3 is 0 Å². The number of hydrogen-bond acceptors (Lipinski definition) is 3. The SMILES string of the molecule is CN(CC(C(=N)N)c1ccccc1)CC(C)(C)O. The fourth-order valence-electron chi connectivity index (χ4n) is 2.11. The number of amidine groups is 1. The average molecular weight is 249 g/mol. The maximum atomic E-state index is 9.78. The van der Waals surface area contributed by atoms with E-state index in [-0.39, 0.29) is 11.8 Å². The third kappa shape index (κ3) is 4.85. The van der Waals surface area contributed by atoms with Crippen LogP contribution in [-0.4, -0.2) is 41.6 Å². The predicted octanol–water partition coefficient (Wildman–Crippen LogP) is 1.41. The zero-order valence-electron chi connectivity index (χ0n) is 11.4. The Bertz CT molecular complexity index is 384. The van der Waals surface area contributed by atoms with Crippen LogP contribution in [-0.2, 0) is 0 Å². The van der Waals surface area contributed by atoms with E-state index in [0.717, 1.165) is 5.56 Å². The van der Waals surface area contributed by atoms with E-state index < -0.39 is 5.60 Å². The highest BCUT2D eigenvalue weighted by Crippen LogP contribution is 2.17. The molecule has 0 aliphatic rings.